The van der Waals surface area contributed by atoms with E-state index in [0.29, 0.717) is 11.1 Å². The highest BCUT2D eigenvalue weighted by atomic mass is 19.1. The van der Waals surface area contributed by atoms with Gasteiger partial charge in [-0.1, -0.05) is 0 Å². The largest absolute Gasteiger partial charge is 0.478 e. The maximum absolute atomic E-state index is 13.2. The predicted octanol–water partition coefficient (Wildman–Crippen LogP) is 1.89. The Morgan fingerprint density at radius 3 is 2.63 bits per heavy atom. The van der Waals surface area contributed by atoms with Crippen molar-refractivity contribution in [2.45, 2.75) is 13.8 Å². The molecule has 0 bridgehead atoms. The summed E-state index contributed by atoms with van der Waals surface area (Å²) in [5.41, 5.74) is 0.269. The van der Waals surface area contributed by atoms with Gasteiger partial charge in [0.1, 0.15) is 11.4 Å². The van der Waals surface area contributed by atoms with Gasteiger partial charge in [0.25, 0.3) is 0 Å². The normalized spacial score (nSPS) is 10.5. The van der Waals surface area contributed by atoms with Gasteiger partial charge in [0.2, 0.25) is 0 Å². The van der Waals surface area contributed by atoms with Gasteiger partial charge in [0.15, 0.2) is 0 Å². The zero-order valence-electron chi connectivity index (χ0n) is 10.3. The topological polar surface area (TPSA) is 83.0 Å². The first-order valence-electron chi connectivity index (χ1n) is 5.51. The van der Waals surface area contributed by atoms with Crippen molar-refractivity contribution < 1.29 is 14.3 Å². The molecule has 0 saturated carbocycles. The fourth-order valence-corrected chi connectivity index (χ4v) is 1.85. The van der Waals surface area contributed by atoms with Crippen LogP contribution in [0.4, 0.5) is 4.39 Å². The zero-order chi connectivity index (χ0) is 14.2. The number of carboxylic acid groups (broad SMARTS) is 1. The van der Waals surface area contributed by atoms with E-state index in [1.54, 1.807) is 6.92 Å². The number of carbonyl (C=O) groups is 1. The van der Waals surface area contributed by atoms with Crippen molar-refractivity contribution in [3.63, 3.8) is 0 Å². The van der Waals surface area contributed by atoms with E-state index in [0.717, 1.165) is 0 Å². The first kappa shape index (κ1) is 12.9. The van der Waals surface area contributed by atoms with Gasteiger partial charge in [-0.05, 0) is 37.6 Å². The number of hydrogen-bond acceptors (Lipinski definition) is 3. The SMILES string of the molecule is Cc1cc(-c2nc(=O)[nH]c(C)c2C(=O)O)ccc1F. The van der Waals surface area contributed by atoms with Gasteiger partial charge < -0.3 is 10.1 Å². The highest BCUT2D eigenvalue weighted by molar-refractivity contribution is 5.95. The number of aryl methyl sites for hydroxylation is 2. The number of hydrogen-bond donors (Lipinski definition) is 2. The average molecular weight is 262 g/mol. The Labute approximate surface area is 107 Å². The monoisotopic (exact) mass is 262 g/mol. The van der Waals surface area contributed by atoms with E-state index in [1.165, 1.54) is 25.1 Å². The van der Waals surface area contributed by atoms with Crippen LogP contribution >= 0.6 is 0 Å². The Bertz CT molecular complexity index is 722. The van der Waals surface area contributed by atoms with Crippen LogP contribution in [0, 0.1) is 19.7 Å². The second-order valence-corrected chi connectivity index (χ2v) is 4.16. The van der Waals surface area contributed by atoms with Crippen molar-refractivity contribution in [2.24, 2.45) is 0 Å². The van der Waals surface area contributed by atoms with Crippen molar-refractivity contribution in [2.75, 3.05) is 0 Å². The van der Waals surface area contributed by atoms with Crippen molar-refractivity contribution in [1.82, 2.24) is 9.97 Å². The third-order valence-electron chi connectivity index (χ3n) is 2.76. The number of aromatic nitrogens is 2. The maximum atomic E-state index is 13.2. The maximum Gasteiger partial charge on any atom is 0.345 e. The molecule has 0 fully saturated rings. The average Bonchev–Trinajstić information content (AvgIpc) is 2.31. The molecule has 0 unspecified atom stereocenters. The number of carboxylic acids is 1. The zero-order valence-corrected chi connectivity index (χ0v) is 10.3. The van der Waals surface area contributed by atoms with Gasteiger partial charge in [-0.2, -0.15) is 4.98 Å². The minimum absolute atomic E-state index is 0.0388. The first-order chi connectivity index (χ1) is 8.90. The van der Waals surface area contributed by atoms with Crippen LogP contribution in [0.3, 0.4) is 0 Å². The highest BCUT2D eigenvalue weighted by Gasteiger charge is 2.18. The predicted molar refractivity (Wildman–Crippen MR) is 66.7 cm³/mol. The summed E-state index contributed by atoms with van der Waals surface area (Å²) in [5.74, 6) is -1.60. The smallest absolute Gasteiger partial charge is 0.345 e. The van der Waals surface area contributed by atoms with Crippen molar-refractivity contribution in [3.8, 4) is 11.3 Å². The molecule has 1 aromatic carbocycles. The number of nitrogens with zero attached hydrogens (tertiary/aromatic N) is 1. The van der Waals surface area contributed by atoms with Crippen LogP contribution in [0.2, 0.25) is 0 Å². The summed E-state index contributed by atoms with van der Waals surface area (Å²) in [4.78, 5) is 28.6. The lowest BCUT2D eigenvalue weighted by Gasteiger charge is -2.08. The molecule has 0 aliphatic rings. The number of benzene rings is 1. The molecule has 5 nitrogen and oxygen atoms in total. The van der Waals surface area contributed by atoms with Gasteiger partial charge in [-0.25, -0.2) is 14.0 Å². The van der Waals surface area contributed by atoms with Crippen LogP contribution < -0.4 is 5.69 Å². The Balaban J connectivity index is 2.77. The molecule has 0 radical (unpaired) electrons. The fraction of sp³-hybridized carbons (Fsp3) is 0.154. The molecule has 2 N–H and O–H groups in total. The third-order valence-corrected chi connectivity index (χ3v) is 2.76. The van der Waals surface area contributed by atoms with Gasteiger partial charge in [-0.3, -0.25) is 0 Å². The van der Waals surface area contributed by atoms with Crippen LogP contribution in [0.15, 0.2) is 23.0 Å². The lowest BCUT2D eigenvalue weighted by atomic mass is 10.0. The van der Waals surface area contributed by atoms with E-state index in [9.17, 15) is 19.1 Å². The molecule has 0 amide bonds. The summed E-state index contributed by atoms with van der Waals surface area (Å²) < 4.78 is 13.2. The Morgan fingerprint density at radius 2 is 2.05 bits per heavy atom. The molecule has 0 aliphatic carbocycles. The van der Waals surface area contributed by atoms with E-state index in [2.05, 4.69) is 9.97 Å². The van der Waals surface area contributed by atoms with E-state index in [-0.39, 0.29) is 17.0 Å². The molecule has 2 rings (SSSR count). The summed E-state index contributed by atoms with van der Waals surface area (Å²) in [6.45, 7) is 3.03. The molecule has 0 aliphatic heterocycles. The molecule has 1 aromatic heterocycles. The fourth-order valence-electron chi connectivity index (χ4n) is 1.85. The van der Waals surface area contributed by atoms with Gasteiger partial charge >= 0.3 is 11.7 Å². The van der Waals surface area contributed by atoms with E-state index >= 15 is 0 Å². The van der Waals surface area contributed by atoms with Crippen LogP contribution in [0.5, 0.6) is 0 Å². The van der Waals surface area contributed by atoms with Crippen molar-refractivity contribution in [1.29, 1.82) is 0 Å². The molecule has 0 saturated heterocycles. The minimum atomic E-state index is -1.20. The molecule has 98 valence electrons. The summed E-state index contributed by atoms with van der Waals surface area (Å²) in [6, 6.07) is 4.08. The van der Waals surface area contributed by atoms with Crippen LogP contribution in [-0.4, -0.2) is 21.0 Å². The highest BCUT2D eigenvalue weighted by Crippen LogP contribution is 2.23. The van der Waals surface area contributed by atoms with Gasteiger partial charge in [0.05, 0.1) is 5.69 Å². The van der Waals surface area contributed by atoms with E-state index in [4.69, 9.17) is 0 Å². The van der Waals surface area contributed by atoms with E-state index < -0.39 is 17.5 Å². The van der Waals surface area contributed by atoms with E-state index in [1.807, 2.05) is 0 Å². The van der Waals surface area contributed by atoms with Gasteiger partial charge in [-0.15, -0.1) is 0 Å². The molecule has 6 heteroatoms. The van der Waals surface area contributed by atoms with Crippen LogP contribution in [0.25, 0.3) is 11.3 Å². The van der Waals surface area contributed by atoms with Crippen molar-refractivity contribution >= 4 is 5.97 Å². The number of rotatable bonds is 2. The van der Waals surface area contributed by atoms with Crippen molar-refractivity contribution in [3.05, 3.63) is 51.3 Å². The Kier molecular flexibility index (Phi) is 3.16. The molecular weight excluding hydrogens is 251 g/mol. The lowest BCUT2D eigenvalue weighted by molar-refractivity contribution is 0.0696. The summed E-state index contributed by atoms with van der Waals surface area (Å²) in [7, 11) is 0. The number of H-pyrrole nitrogens is 1. The summed E-state index contributed by atoms with van der Waals surface area (Å²) >= 11 is 0. The number of aromatic amines is 1. The number of halogens is 1. The second kappa shape index (κ2) is 4.64. The Hall–Kier alpha value is -2.50. The molecular formula is C13H11FN2O3. The Morgan fingerprint density at radius 1 is 1.37 bits per heavy atom. The molecule has 0 atom stereocenters. The molecule has 2 aromatic rings. The molecule has 19 heavy (non-hydrogen) atoms. The first-order valence-corrected chi connectivity index (χ1v) is 5.51. The molecule has 0 spiro atoms. The minimum Gasteiger partial charge on any atom is -0.478 e. The number of aromatic carboxylic acids is 1. The quantitative estimate of drug-likeness (QED) is 0.865. The lowest BCUT2D eigenvalue weighted by Crippen LogP contribution is -2.18. The summed E-state index contributed by atoms with van der Waals surface area (Å²) in [5, 5.41) is 9.19. The number of nitrogens with one attached hydrogen (secondary N) is 1. The second-order valence-electron chi connectivity index (χ2n) is 4.16. The molecule has 1 heterocycles. The third kappa shape index (κ3) is 2.37. The standard InChI is InChI=1S/C13H11FN2O3/c1-6-5-8(3-4-9(6)14)11-10(12(17)18)7(2)15-13(19)16-11/h3-5H,1-2H3,(H,17,18)(H,15,16,19). The van der Waals surface area contributed by atoms with Crippen LogP contribution in [-0.2, 0) is 0 Å². The summed E-state index contributed by atoms with van der Waals surface area (Å²) in [6.07, 6.45) is 0. The van der Waals surface area contributed by atoms with Gasteiger partial charge in [0, 0.05) is 11.3 Å². The van der Waals surface area contributed by atoms with Crippen LogP contribution in [0.1, 0.15) is 21.6 Å².